The van der Waals surface area contributed by atoms with Gasteiger partial charge in [0, 0.05) is 0 Å². The Morgan fingerprint density at radius 3 is 2.52 bits per heavy atom. The first kappa shape index (κ1) is 15.7. The number of sulfone groups is 1. The topological polar surface area (TPSA) is 141 Å². The largest absolute Gasteiger partial charge is 0.488 e. The SMILES string of the molecule is NS(=O)(=O)c1ccc(OC2CCS(=O)(=O)C2)c(C(=O)O)c1. The maximum absolute atomic E-state index is 11.3. The average Bonchev–Trinajstić information content (AvgIpc) is 2.67. The first-order chi connectivity index (χ1) is 9.58. The molecule has 0 radical (unpaired) electrons. The quantitative estimate of drug-likeness (QED) is 0.762. The molecule has 0 bridgehead atoms. The molecular weight excluding hydrogens is 322 g/mol. The van der Waals surface area contributed by atoms with E-state index in [1.54, 1.807) is 0 Å². The Kier molecular flexibility index (Phi) is 3.95. The summed E-state index contributed by atoms with van der Waals surface area (Å²) in [5, 5.41) is 14.0. The van der Waals surface area contributed by atoms with E-state index in [1.165, 1.54) is 0 Å². The zero-order valence-corrected chi connectivity index (χ0v) is 12.4. The van der Waals surface area contributed by atoms with E-state index in [2.05, 4.69) is 0 Å². The number of rotatable bonds is 4. The van der Waals surface area contributed by atoms with Crippen molar-refractivity contribution in [3.63, 3.8) is 0 Å². The van der Waals surface area contributed by atoms with Gasteiger partial charge in [0.25, 0.3) is 0 Å². The predicted molar refractivity (Wildman–Crippen MR) is 72.5 cm³/mol. The number of carbonyl (C=O) groups is 1. The molecular formula is C11H13NO7S2. The standard InChI is InChI=1S/C11H13NO7S2/c12-21(17,18)8-1-2-10(9(5-8)11(13)14)19-7-3-4-20(15,16)6-7/h1-2,5,7H,3-4,6H2,(H,13,14)(H2,12,17,18). The van der Waals surface area contributed by atoms with Gasteiger partial charge in [0.15, 0.2) is 9.84 Å². The molecule has 21 heavy (non-hydrogen) atoms. The summed E-state index contributed by atoms with van der Waals surface area (Å²) in [6.07, 6.45) is -0.383. The van der Waals surface area contributed by atoms with Crippen molar-refractivity contribution in [2.24, 2.45) is 5.14 Å². The Morgan fingerprint density at radius 1 is 1.38 bits per heavy atom. The van der Waals surface area contributed by atoms with E-state index in [0.29, 0.717) is 0 Å². The molecule has 1 unspecified atom stereocenters. The molecule has 1 aromatic carbocycles. The summed E-state index contributed by atoms with van der Waals surface area (Å²) in [6.45, 7) is 0. The molecule has 1 aliphatic rings. The maximum Gasteiger partial charge on any atom is 0.339 e. The lowest BCUT2D eigenvalue weighted by Crippen LogP contribution is -2.20. The molecule has 1 aliphatic heterocycles. The van der Waals surface area contributed by atoms with Crippen LogP contribution in [0.15, 0.2) is 23.1 Å². The fourth-order valence-corrected chi connectivity index (χ4v) is 4.12. The van der Waals surface area contributed by atoms with Crippen LogP contribution in [-0.4, -0.2) is 45.5 Å². The van der Waals surface area contributed by atoms with Gasteiger partial charge in [0.1, 0.15) is 17.4 Å². The lowest BCUT2D eigenvalue weighted by molar-refractivity contribution is 0.0689. The van der Waals surface area contributed by atoms with Gasteiger partial charge >= 0.3 is 5.97 Å². The fourth-order valence-electron chi connectivity index (χ4n) is 1.99. The normalized spacial score (nSPS) is 21.1. The van der Waals surface area contributed by atoms with Gasteiger partial charge in [-0.25, -0.2) is 26.8 Å². The van der Waals surface area contributed by atoms with Crippen molar-refractivity contribution in [3.8, 4) is 5.75 Å². The van der Waals surface area contributed by atoms with Gasteiger partial charge in [-0.3, -0.25) is 0 Å². The summed E-state index contributed by atoms with van der Waals surface area (Å²) < 4.78 is 50.5. The second-order valence-electron chi connectivity index (χ2n) is 4.65. The summed E-state index contributed by atoms with van der Waals surface area (Å²) >= 11 is 0. The minimum atomic E-state index is -4.04. The molecule has 0 aromatic heterocycles. The smallest absolute Gasteiger partial charge is 0.339 e. The van der Waals surface area contributed by atoms with Gasteiger partial charge in [0.2, 0.25) is 10.0 Å². The highest BCUT2D eigenvalue weighted by atomic mass is 32.2. The maximum atomic E-state index is 11.3. The third-order valence-electron chi connectivity index (χ3n) is 2.99. The molecule has 1 fully saturated rings. The summed E-state index contributed by atoms with van der Waals surface area (Å²) in [7, 11) is -7.20. The summed E-state index contributed by atoms with van der Waals surface area (Å²) in [4.78, 5) is 10.8. The van der Waals surface area contributed by atoms with Crippen LogP contribution < -0.4 is 9.88 Å². The number of benzene rings is 1. The highest BCUT2D eigenvalue weighted by Gasteiger charge is 2.30. The molecule has 0 spiro atoms. The second-order valence-corrected chi connectivity index (χ2v) is 8.44. The van der Waals surface area contributed by atoms with Gasteiger partial charge < -0.3 is 9.84 Å². The number of nitrogens with two attached hydrogens (primary N) is 1. The molecule has 1 heterocycles. The third-order valence-corrected chi connectivity index (χ3v) is 5.64. The Balaban J connectivity index is 2.34. The van der Waals surface area contributed by atoms with Crippen LogP contribution in [0.3, 0.4) is 0 Å². The van der Waals surface area contributed by atoms with Crippen LogP contribution in [0.5, 0.6) is 5.75 Å². The second kappa shape index (κ2) is 5.28. The lowest BCUT2D eigenvalue weighted by Gasteiger charge is -2.14. The van der Waals surface area contributed by atoms with E-state index in [9.17, 15) is 21.6 Å². The van der Waals surface area contributed by atoms with E-state index < -0.39 is 31.9 Å². The molecule has 1 saturated heterocycles. The van der Waals surface area contributed by atoms with E-state index in [0.717, 1.165) is 18.2 Å². The van der Waals surface area contributed by atoms with Crippen molar-refractivity contribution >= 4 is 25.8 Å². The molecule has 0 saturated carbocycles. The van der Waals surface area contributed by atoms with Crippen LogP contribution in [0, 0.1) is 0 Å². The van der Waals surface area contributed by atoms with Crippen molar-refractivity contribution in [1.82, 2.24) is 0 Å². The molecule has 2 rings (SSSR count). The van der Waals surface area contributed by atoms with Gasteiger partial charge in [-0.1, -0.05) is 0 Å². The van der Waals surface area contributed by atoms with Crippen molar-refractivity contribution in [1.29, 1.82) is 0 Å². The van der Waals surface area contributed by atoms with Crippen molar-refractivity contribution in [2.45, 2.75) is 17.4 Å². The first-order valence-electron chi connectivity index (χ1n) is 5.86. The van der Waals surface area contributed by atoms with Crippen molar-refractivity contribution in [3.05, 3.63) is 23.8 Å². The molecule has 116 valence electrons. The molecule has 0 aliphatic carbocycles. The van der Waals surface area contributed by atoms with Crippen LogP contribution in [-0.2, 0) is 19.9 Å². The number of sulfonamides is 1. The predicted octanol–water partition coefficient (Wildman–Crippen LogP) is -0.402. The van der Waals surface area contributed by atoms with Crippen LogP contribution in [0.1, 0.15) is 16.8 Å². The van der Waals surface area contributed by atoms with Crippen LogP contribution >= 0.6 is 0 Å². The minimum Gasteiger partial charge on any atom is -0.488 e. The average molecular weight is 335 g/mol. The number of ether oxygens (including phenoxy) is 1. The van der Waals surface area contributed by atoms with Crippen LogP contribution in [0.2, 0.25) is 0 Å². The fraction of sp³-hybridized carbons (Fsp3) is 0.364. The van der Waals surface area contributed by atoms with Gasteiger partial charge in [-0.2, -0.15) is 0 Å². The first-order valence-corrected chi connectivity index (χ1v) is 9.22. The van der Waals surface area contributed by atoms with E-state index in [1.807, 2.05) is 0 Å². The Bertz CT molecular complexity index is 783. The lowest BCUT2D eigenvalue weighted by atomic mass is 10.2. The highest BCUT2D eigenvalue weighted by Crippen LogP contribution is 2.26. The number of carboxylic acid groups (broad SMARTS) is 1. The molecule has 1 atom stereocenters. The van der Waals surface area contributed by atoms with Gasteiger partial charge in [-0.15, -0.1) is 0 Å². The Morgan fingerprint density at radius 2 is 2.05 bits per heavy atom. The summed E-state index contributed by atoms with van der Waals surface area (Å²) in [6, 6.07) is 3.16. The number of hydrogen-bond donors (Lipinski definition) is 2. The zero-order chi connectivity index (χ0) is 15.8. The molecule has 10 heteroatoms. The van der Waals surface area contributed by atoms with Gasteiger partial charge in [-0.05, 0) is 24.6 Å². The number of carboxylic acids is 1. The van der Waals surface area contributed by atoms with E-state index in [4.69, 9.17) is 15.0 Å². The van der Waals surface area contributed by atoms with Crippen LogP contribution in [0.4, 0.5) is 0 Å². The van der Waals surface area contributed by atoms with Crippen molar-refractivity contribution < 1.29 is 31.5 Å². The number of aromatic carboxylic acids is 1. The zero-order valence-electron chi connectivity index (χ0n) is 10.7. The van der Waals surface area contributed by atoms with E-state index >= 15 is 0 Å². The monoisotopic (exact) mass is 335 g/mol. The van der Waals surface area contributed by atoms with Crippen LogP contribution in [0.25, 0.3) is 0 Å². The Hall–Kier alpha value is -1.65. The molecule has 3 N–H and O–H groups in total. The summed E-state index contributed by atoms with van der Waals surface area (Å²) in [5.41, 5.74) is -0.383. The minimum absolute atomic E-state index is 0.0185. The van der Waals surface area contributed by atoms with Gasteiger partial charge in [0.05, 0.1) is 16.4 Å². The molecule has 1 aromatic rings. The highest BCUT2D eigenvalue weighted by molar-refractivity contribution is 7.91. The number of primary sulfonamides is 1. The molecule has 8 nitrogen and oxygen atoms in total. The van der Waals surface area contributed by atoms with E-state index in [-0.39, 0.29) is 34.1 Å². The third kappa shape index (κ3) is 3.71. The molecule has 0 amide bonds. The number of hydrogen-bond acceptors (Lipinski definition) is 6. The van der Waals surface area contributed by atoms with Crippen molar-refractivity contribution in [2.75, 3.05) is 11.5 Å². The summed E-state index contributed by atoms with van der Waals surface area (Å²) in [5.74, 6) is -1.69. The Labute approximate surface area is 121 Å².